The molecule has 2 aliphatic rings. The summed E-state index contributed by atoms with van der Waals surface area (Å²) in [5, 5.41) is 2.19. The van der Waals surface area contributed by atoms with E-state index in [9.17, 15) is 19.2 Å². The molecule has 0 aromatic heterocycles. The monoisotopic (exact) mass is 372 g/mol. The fraction of sp³-hybridized carbons (Fsp3) is 0.474. The number of hydrogen-bond donors (Lipinski definition) is 2. The summed E-state index contributed by atoms with van der Waals surface area (Å²) in [7, 11) is 0. The van der Waals surface area contributed by atoms with Gasteiger partial charge in [-0.2, -0.15) is 0 Å². The second-order valence-electron chi connectivity index (χ2n) is 7.13. The van der Waals surface area contributed by atoms with Gasteiger partial charge in [-0.1, -0.05) is 13.0 Å². The smallest absolute Gasteiger partial charge is 0.262 e. The predicted molar refractivity (Wildman–Crippen MR) is 97.7 cm³/mol. The molecule has 0 spiro atoms. The average molecular weight is 372 g/mol. The van der Waals surface area contributed by atoms with Gasteiger partial charge in [0.1, 0.15) is 6.04 Å². The highest BCUT2D eigenvalue weighted by atomic mass is 16.2. The van der Waals surface area contributed by atoms with Gasteiger partial charge in [-0.25, -0.2) is 0 Å². The Hall–Kier alpha value is -2.58. The van der Waals surface area contributed by atoms with Gasteiger partial charge in [-0.05, 0) is 37.6 Å². The van der Waals surface area contributed by atoms with E-state index in [1.54, 1.807) is 12.1 Å². The summed E-state index contributed by atoms with van der Waals surface area (Å²) in [6, 6.07) is 4.26. The van der Waals surface area contributed by atoms with Crippen LogP contribution in [0.3, 0.4) is 0 Å². The number of carbonyl (C=O) groups is 4. The lowest BCUT2D eigenvalue weighted by Crippen LogP contribution is -2.54. The van der Waals surface area contributed by atoms with Crippen LogP contribution in [0, 0.1) is 0 Å². The van der Waals surface area contributed by atoms with Crippen molar-refractivity contribution < 1.29 is 19.2 Å². The minimum absolute atomic E-state index is 0.0330. The molecule has 8 heteroatoms. The number of nitrogens with one attached hydrogen (secondary N) is 1. The number of rotatable bonds is 6. The van der Waals surface area contributed by atoms with E-state index in [0.717, 1.165) is 23.6 Å². The van der Waals surface area contributed by atoms with Gasteiger partial charge in [0, 0.05) is 25.6 Å². The summed E-state index contributed by atoms with van der Waals surface area (Å²) in [5.74, 6) is -1.96. The summed E-state index contributed by atoms with van der Waals surface area (Å²) in [6.45, 7) is 6.13. The molecule has 3 N–H and O–H groups in total. The molecule has 1 fully saturated rings. The van der Waals surface area contributed by atoms with Crippen molar-refractivity contribution in [3.05, 3.63) is 34.9 Å². The number of fused-ring (bicyclic) bond motifs is 1. The van der Waals surface area contributed by atoms with E-state index < -0.39 is 23.8 Å². The van der Waals surface area contributed by atoms with Crippen LogP contribution in [-0.2, 0) is 16.1 Å². The van der Waals surface area contributed by atoms with Crippen LogP contribution in [-0.4, -0.2) is 58.6 Å². The van der Waals surface area contributed by atoms with Crippen LogP contribution in [0.25, 0.3) is 0 Å². The molecule has 0 aliphatic carbocycles. The molecule has 2 atom stereocenters. The summed E-state index contributed by atoms with van der Waals surface area (Å²) < 4.78 is 0. The van der Waals surface area contributed by atoms with Gasteiger partial charge in [-0.15, -0.1) is 0 Å². The number of amides is 4. The Morgan fingerprint density at radius 1 is 1.22 bits per heavy atom. The normalized spacial score (nSPS) is 20.9. The Kier molecular flexibility index (Phi) is 5.38. The van der Waals surface area contributed by atoms with E-state index >= 15 is 0 Å². The summed E-state index contributed by atoms with van der Waals surface area (Å²) in [4.78, 5) is 52.1. The topological polar surface area (TPSA) is 113 Å². The Bertz CT molecular complexity index is 805. The summed E-state index contributed by atoms with van der Waals surface area (Å²) in [5.41, 5.74) is 7.37. The van der Waals surface area contributed by atoms with Crippen molar-refractivity contribution in [2.45, 2.75) is 45.3 Å². The van der Waals surface area contributed by atoms with Crippen molar-refractivity contribution >= 4 is 23.6 Å². The van der Waals surface area contributed by atoms with Gasteiger partial charge in [0.05, 0.1) is 11.1 Å². The third-order valence-corrected chi connectivity index (χ3v) is 4.90. The molecule has 144 valence electrons. The maximum Gasteiger partial charge on any atom is 0.262 e. The summed E-state index contributed by atoms with van der Waals surface area (Å²) in [6.07, 6.45) is 0.263. The molecule has 8 nitrogen and oxygen atoms in total. The number of carbonyl (C=O) groups excluding carboxylic acids is 4. The first-order chi connectivity index (χ1) is 12.8. The highest BCUT2D eigenvalue weighted by Gasteiger charge is 2.44. The third kappa shape index (κ3) is 3.77. The van der Waals surface area contributed by atoms with Crippen molar-refractivity contribution in [1.29, 1.82) is 0 Å². The molecule has 0 bridgehead atoms. The zero-order valence-electron chi connectivity index (χ0n) is 15.5. The number of benzene rings is 1. The Morgan fingerprint density at radius 2 is 1.93 bits per heavy atom. The fourth-order valence-corrected chi connectivity index (χ4v) is 3.59. The van der Waals surface area contributed by atoms with E-state index in [1.807, 2.05) is 19.9 Å². The van der Waals surface area contributed by atoms with Crippen molar-refractivity contribution in [3.63, 3.8) is 0 Å². The highest BCUT2D eigenvalue weighted by Crippen LogP contribution is 2.28. The van der Waals surface area contributed by atoms with Crippen LogP contribution in [0.2, 0.25) is 0 Å². The van der Waals surface area contributed by atoms with Crippen molar-refractivity contribution in [2.24, 2.45) is 5.73 Å². The minimum Gasteiger partial charge on any atom is -0.327 e. The molecule has 0 radical (unpaired) electrons. The molecular weight excluding hydrogens is 348 g/mol. The Balaban J connectivity index is 1.82. The van der Waals surface area contributed by atoms with Crippen LogP contribution in [0.1, 0.15) is 53.0 Å². The first kappa shape index (κ1) is 19.2. The van der Waals surface area contributed by atoms with Gasteiger partial charge >= 0.3 is 0 Å². The quantitative estimate of drug-likeness (QED) is 0.693. The van der Waals surface area contributed by atoms with Crippen LogP contribution < -0.4 is 11.1 Å². The lowest BCUT2D eigenvalue weighted by Gasteiger charge is -2.27. The van der Waals surface area contributed by atoms with Crippen molar-refractivity contribution in [1.82, 2.24) is 15.1 Å². The van der Waals surface area contributed by atoms with Gasteiger partial charge in [0.2, 0.25) is 11.8 Å². The first-order valence-corrected chi connectivity index (χ1v) is 9.14. The van der Waals surface area contributed by atoms with E-state index in [-0.39, 0.29) is 24.8 Å². The number of piperidine rings is 1. The zero-order chi connectivity index (χ0) is 19.7. The van der Waals surface area contributed by atoms with Gasteiger partial charge in [0.25, 0.3) is 11.8 Å². The number of imide groups is 2. The molecule has 1 aromatic carbocycles. The molecule has 1 unspecified atom stereocenters. The number of nitrogens with two attached hydrogens (primary N) is 1. The zero-order valence-corrected chi connectivity index (χ0v) is 15.5. The molecular formula is C19H24N4O4. The number of likely N-dealkylation sites (N-methyl/N-ethyl adjacent to an activating group) is 1. The van der Waals surface area contributed by atoms with Crippen LogP contribution >= 0.6 is 0 Å². The molecule has 27 heavy (non-hydrogen) atoms. The molecule has 2 aliphatic heterocycles. The molecule has 3 rings (SSSR count). The molecule has 0 saturated carbocycles. The van der Waals surface area contributed by atoms with E-state index in [1.165, 1.54) is 0 Å². The second-order valence-corrected chi connectivity index (χ2v) is 7.13. The lowest BCUT2D eigenvalue weighted by atomic mass is 10.0. The second kappa shape index (κ2) is 7.58. The maximum atomic E-state index is 12.8. The molecule has 1 saturated heterocycles. The largest absolute Gasteiger partial charge is 0.327 e. The average Bonchev–Trinajstić information content (AvgIpc) is 2.85. The fourth-order valence-electron chi connectivity index (χ4n) is 3.59. The van der Waals surface area contributed by atoms with Crippen molar-refractivity contribution in [3.8, 4) is 0 Å². The van der Waals surface area contributed by atoms with Crippen LogP contribution in [0.15, 0.2) is 18.2 Å². The third-order valence-electron chi connectivity index (χ3n) is 4.90. The van der Waals surface area contributed by atoms with E-state index in [0.29, 0.717) is 17.7 Å². The summed E-state index contributed by atoms with van der Waals surface area (Å²) >= 11 is 0. The Morgan fingerprint density at radius 3 is 2.56 bits per heavy atom. The maximum absolute atomic E-state index is 12.8. The van der Waals surface area contributed by atoms with Gasteiger partial charge < -0.3 is 5.73 Å². The first-order valence-electron chi connectivity index (χ1n) is 9.14. The predicted octanol–water partition coefficient (Wildman–Crippen LogP) is 0.257. The highest BCUT2D eigenvalue weighted by molar-refractivity contribution is 6.23. The minimum atomic E-state index is -0.941. The molecule has 2 heterocycles. The lowest BCUT2D eigenvalue weighted by molar-refractivity contribution is -0.136. The standard InChI is InChI=1S/C19H24N4O4/c1-3-22(9-11(2)20)10-12-4-5-13-14(8-12)19(27)23(18(13)26)15-6-7-16(24)21-17(15)25/h4-5,8,11,15H,3,6-7,9-10,20H2,1-2H3,(H,21,24,25)/t11-,15?/m1/s1. The van der Waals surface area contributed by atoms with Crippen LogP contribution in [0.4, 0.5) is 0 Å². The molecule has 4 amide bonds. The van der Waals surface area contributed by atoms with Gasteiger partial charge in [0.15, 0.2) is 0 Å². The number of hydrogen-bond acceptors (Lipinski definition) is 6. The van der Waals surface area contributed by atoms with E-state index in [4.69, 9.17) is 5.73 Å². The Labute approximate surface area is 157 Å². The van der Waals surface area contributed by atoms with Gasteiger partial charge in [-0.3, -0.25) is 34.3 Å². The van der Waals surface area contributed by atoms with E-state index in [2.05, 4.69) is 10.2 Å². The van der Waals surface area contributed by atoms with Crippen LogP contribution in [0.5, 0.6) is 0 Å². The SMILES string of the molecule is CCN(Cc1ccc2c(c1)C(=O)N(C1CCC(=O)NC1=O)C2=O)C[C@@H](C)N. The van der Waals surface area contributed by atoms with Crippen molar-refractivity contribution in [2.75, 3.05) is 13.1 Å². The number of nitrogens with zero attached hydrogens (tertiary/aromatic N) is 2. The molecule has 1 aromatic rings.